The average Bonchev–Trinajstić information content (AvgIpc) is 3.19. The number of rotatable bonds is 5. The lowest BCUT2D eigenvalue weighted by molar-refractivity contribution is -0.122. The van der Waals surface area contributed by atoms with Gasteiger partial charge in [0.1, 0.15) is 0 Å². The third-order valence-corrected chi connectivity index (χ3v) is 5.68. The minimum absolute atomic E-state index is 0. The third-order valence-electron chi connectivity index (χ3n) is 5.68. The van der Waals surface area contributed by atoms with Crippen molar-refractivity contribution < 1.29 is 4.79 Å². The Morgan fingerprint density at radius 1 is 1.04 bits per heavy atom. The van der Waals surface area contributed by atoms with Crippen LogP contribution in [0.1, 0.15) is 57.8 Å². The van der Waals surface area contributed by atoms with E-state index in [0.717, 1.165) is 50.7 Å². The van der Waals surface area contributed by atoms with Crippen LogP contribution in [0.5, 0.6) is 0 Å². The summed E-state index contributed by atoms with van der Waals surface area (Å²) < 4.78 is 0. The molecule has 2 saturated heterocycles. The second-order valence-corrected chi connectivity index (χ2v) is 7.21. The summed E-state index contributed by atoms with van der Waals surface area (Å²) in [5.41, 5.74) is 0. The number of nitrogens with one attached hydrogen (secondary N) is 2. The maximum absolute atomic E-state index is 12.1. The highest BCUT2D eigenvalue weighted by Crippen LogP contribution is 2.26. The van der Waals surface area contributed by atoms with Gasteiger partial charge in [0, 0.05) is 31.6 Å². The summed E-state index contributed by atoms with van der Waals surface area (Å²) in [5, 5.41) is 6.64. The van der Waals surface area contributed by atoms with Gasteiger partial charge in [-0.25, -0.2) is 0 Å². The van der Waals surface area contributed by atoms with Crippen LogP contribution in [0.3, 0.4) is 0 Å². The van der Waals surface area contributed by atoms with Crippen LogP contribution < -0.4 is 10.6 Å². The van der Waals surface area contributed by atoms with Crippen molar-refractivity contribution in [3.8, 4) is 0 Å². The molecule has 0 radical (unpaired) electrons. The molecule has 6 heteroatoms. The number of likely N-dealkylation sites (tertiary alicyclic amines) is 1. The first kappa shape index (κ1) is 21.0. The molecular weight excluding hydrogens is 333 g/mol. The van der Waals surface area contributed by atoms with E-state index in [4.69, 9.17) is 0 Å². The Balaban J connectivity index is 0.00000132. The maximum atomic E-state index is 12.1. The molecule has 1 atom stereocenters. The number of amides is 1. The van der Waals surface area contributed by atoms with E-state index in [1.807, 2.05) is 0 Å². The normalized spacial score (nSPS) is 26.5. The molecule has 23 heavy (non-hydrogen) atoms. The van der Waals surface area contributed by atoms with Crippen molar-refractivity contribution in [1.29, 1.82) is 0 Å². The molecule has 2 heterocycles. The summed E-state index contributed by atoms with van der Waals surface area (Å²) in [4.78, 5) is 14.7. The lowest BCUT2D eigenvalue weighted by Crippen LogP contribution is -2.47. The van der Waals surface area contributed by atoms with Gasteiger partial charge in [0.25, 0.3) is 0 Å². The molecule has 1 saturated carbocycles. The zero-order chi connectivity index (χ0) is 14.5. The van der Waals surface area contributed by atoms with Gasteiger partial charge in [-0.15, -0.1) is 24.8 Å². The first-order chi connectivity index (χ1) is 10.3. The molecule has 2 aliphatic heterocycles. The molecule has 0 aromatic rings. The molecule has 136 valence electrons. The van der Waals surface area contributed by atoms with Crippen LogP contribution in [0, 0.1) is 5.92 Å². The summed E-state index contributed by atoms with van der Waals surface area (Å²) in [6.45, 7) is 4.60. The number of halogens is 2. The Morgan fingerprint density at radius 3 is 2.35 bits per heavy atom. The number of carbonyl (C=O) groups excluding carboxylic acids is 1. The Kier molecular flexibility index (Phi) is 9.83. The van der Waals surface area contributed by atoms with Crippen LogP contribution in [0.2, 0.25) is 0 Å². The quantitative estimate of drug-likeness (QED) is 0.787. The molecule has 4 nitrogen and oxygen atoms in total. The van der Waals surface area contributed by atoms with Gasteiger partial charge in [-0.1, -0.05) is 12.8 Å². The summed E-state index contributed by atoms with van der Waals surface area (Å²) in [5.74, 6) is 1.00. The zero-order valence-electron chi connectivity index (χ0n) is 14.1. The number of nitrogens with zero attached hydrogens (tertiary/aromatic N) is 1. The van der Waals surface area contributed by atoms with Crippen molar-refractivity contribution in [1.82, 2.24) is 15.5 Å². The largest absolute Gasteiger partial charge is 0.353 e. The lowest BCUT2D eigenvalue weighted by atomic mass is 10.0. The van der Waals surface area contributed by atoms with Crippen molar-refractivity contribution in [2.24, 2.45) is 5.92 Å². The number of hydrogen-bond acceptors (Lipinski definition) is 3. The summed E-state index contributed by atoms with van der Waals surface area (Å²) in [6.07, 6.45) is 10.9. The molecule has 0 aromatic carbocycles. The second-order valence-electron chi connectivity index (χ2n) is 7.21. The SMILES string of the molecule is Cl.Cl.O=C(CCC1CCNC1)NC1CCN(C2CCCC2)CC1. The van der Waals surface area contributed by atoms with Crippen molar-refractivity contribution in [2.45, 2.75) is 69.9 Å². The monoisotopic (exact) mass is 365 g/mol. The highest BCUT2D eigenvalue weighted by molar-refractivity contribution is 5.85. The molecule has 2 N–H and O–H groups in total. The van der Waals surface area contributed by atoms with Crippen LogP contribution in [0.4, 0.5) is 0 Å². The third kappa shape index (κ3) is 6.41. The average molecular weight is 366 g/mol. The minimum Gasteiger partial charge on any atom is -0.353 e. The van der Waals surface area contributed by atoms with E-state index in [2.05, 4.69) is 15.5 Å². The number of hydrogen-bond donors (Lipinski definition) is 2. The molecule has 0 bridgehead atoms. The van der Waals surface area contributed by atoms with Gasteiger partial charge in [-0.3, -0.25) is 4.79 Å². The molecule has 3 rings (SSSR count). The van der Waals surface area contributed by atoms with E-state index in [1.54, 1.807) is 0 Å². The van der Waals surface area contributed by atoms with E-state index in [0.29, 0.717) is 6.04 Å². The Morgan fingerprint density at radius 2 is 1.74 bits per heavy atom. The highest BCUT2D eigenvalue weighted by atomic mass is 35.5. The Labute approximate surface area is 153 Å². The van der Waals surface area contributed by atoms with Crippen LogP contribution in [0.25, 0.3) is 0 Å². The zero-order valence-corrected chi connectivity index (χ0v) is 15.7. The van der Waals surface area contributed by atoms with E-state index < -0.39 is 0 Å². The summed E-state index contributed by atoms with van der Waals surface area (Å²) >= 11 is 0. The van der Waals surface area contributed by atoms with E-state index in [9.17, 15) is 4.79 Å². The fourth-order valence-corrected chi connectivity index (χ4v) is 4.27. The van der Waals surface area contributed by atoms with Gasteiger partial charge >= 0.3 is 0 Å². The van der Waals surface area contributed by atoms with Crippen molar-refractivity contribution in [3.05, 3.63) is 0 Å². The Bertz CT molecular complexity index is 337. The van der Waals surface area contributed by atoms with Crippen LogP contribution >= 0.6 is 24.8 Å². The van der Waals surface area contributed by atoms with Gasteiger partial charge in [0.05, 0.1) is 0 Å². The molecule has 3 fully saturated rings. The predicted molar refractivity (Wildman–Crippen MR) is 99.7 cm³/mol. The smallest absolute Gasteiger partial charge is 0.220 e. The van der Waals surface area contributed by atoms with Crippen molar-refractivity contribution in [2.75, 3.05) is 26.2 Å². The standard InChI is InChI=1S/C17H31N3O.2ClH/c21-17(6-5-14-7-10-18-13-14)19-15-8-11-20(12-9-15)16-3-1-2-4-16;;/h14-16,18H,1-13H2,(H,19,21);2*1H. The number of piperidine rings is 1. The summed E-state index contributed by atoms with van der Waals surface area (Å²) in [6, 6.07) is 1.27. The first-order valence-corrected chi connectivity index (χ1v) is 9.05. The summed E-state index contributed by atoms with van der Waals surface area (Å²) in [7, 11) is 0. The second kappa shape index (κ2) is 10.8. The lowest BCUT2D eigenvalue weighted by Gasteiger charge is -2.36. The van der Waals surface area contributed by atoms with Crippen molar-refractivity contribution >= 4 is 30.7 Å². The van der Waals surface area contributed by atoms with Crippen LogP contribution in [0.15, 0.2) is 0 Å². The molecule has 0 aromatic heterocycles. The molecule has 1 amide bonds. The van der Waals surface area contributed by atoms with Gasteiger partial charge in [-0.05, 0) is 57.5 Å². The van der Waals surface area contributed by atoms with Gasteiger partial charge in [0.15, 0.2) is 0 Å². The number of carbonyl (C=O) groups is 1. The fraction of sp³-hybridized carbons (Fsp3) is 0.941. The molecule has 1 unspecified atom stereocenters. The first-order valence-electron chi connectivity index (χ1n) is 9.05. The van der Waals surface area contributed by atoms with Crippen molar-refractivity contribution in [3.63, 3.8) is 0 Å². The van der Waals surface area contributed by atoms with Gasteiger partial charge in [0.2, 0.25) is 5.91 Å². The predicted octanol–water partition coefficient (Wildman–Crippen LogP) is 2.74. The molecule has 1 aliphatic carbocycles. The topological polar surface area (TPSA) is 44.4 Å². The highest BCUT2D eigenvalue weighted by Gasteiger charge is 2.27. The van der Waals surface area contributed by atoms with Gasteiger partial charge < -0.3 is 15.5 Å². The molecule has 0 spiro atoms. The van der Waals surface area contributed by atoms with Gasteiger partial charge in [-0.2, -0.15) is 0 Å². The van der Waals surface area contributed by atoms with E-state index in [1.165, 1.54) is 45.2 Å². The van der Waals surface area contributed by atoms with E-state index >= 15 is 0 Å². The Hall–Kier alpha value is -0.0300. The molecular formula is C17H33Cl2N3O. The maximum Gasteiger partial charge on any atom is 0.220 e. The van der Waals surface area contributed by atoms with Crippen LogP contribution in [-0.4, -0.2) is 49.1 Å². The van der Waals surface area contributed by atoms with Crippen LogP contribution in [-0.2, 0) is 4.79 Å². The van der Waals surface area contributed by atoms with E-state index in [-0.39, 0.29) is 30.7 Å². The minimum atomic E-state index is 0. The fourth-order valence-electron chi connectivity index (χ4n) is 4.27. The molecule has 3 aliphatic rings.